The van der Waals surface area contributed by atoms with Crippen LogP contribution in [-0.4, -0.2) is 7.85 Å². The van der Waals surface area contributed by atoms with Gasteiger partial charge in [-0.15, -0.1) is 0 Å². The van der Waals surface area contributed by atoms with E-state index in [0.717, 1.165) is 14.5 Å². The van der Waals surface area contributed by atoms with Crippen LogP contribution in [0.5, 0.6) is 0 Å². The zero-order valence-corrected chi connectivity index (χ0v) is 8.44. The Bertz CT molecular complexity index is 215. The summed E-state index contributed by atoms with van der Waals surface area (Å²) in [5, 5.41) is 0. The molecule has 0 nitrogen and oxygen atoms in total. The lowest BCUT2D eigenvalue weighted by molar-refractivity contribution is 1.37. The molecule has 10 heavy (non-hydrogen) atoms. The second-order valence-electron chi connectivity index (χ2n) is 1.98. The van der Waals surface area contributed by atoms with Crippen molar-refractivity contribution in [1.82, 2.24) is 0 Å². The van der Waals surface area contributed by atoms with Crippen molar-refractivity contribution in [2.75, 3.05) is 0 Å². The van der Waals surface area contributed by atoms with Crippen LogP contribution in [0.2, 0.25) is 0 Å². The second kappa shape index (κ2) is 3.58. The molecule has 1 aromatic carbocycles. The number of halogens is 2. The summed E-state index contributed by atoms with van der Waals surface area (Å²) in [5.41, 5.74) is 1.13. The van der Waals surface area contributed by atoms with Crippen LogP contribution in [0.15, 0.2) is 27.1 Å². The van der Waals surface area contributed by atoms with E-state index in [4.69, 9.17) is 7.85 Å². The van der Waals surface area contributed by atoms with Crippen molar-refractivity contribution in [3.8, 4) is 0 Å². The monoisotopic (exact) mass is 258 g/mol. The maximum absolute atomic E-state index is 5.45. The molecule has 0 unspecified atom stereocenters. The SMILES string of the molecule is [B]Cc1cc(Br)cc(Br)c1. The van der Waals surface area contributed by atoms with Crippen LogP contribution in [0.25, 0.3) is 0 Å². The van der Waals surface area contributed by atoms with E-state index < -0.39 is 0 Å². The average molecular weight is 260 g/mol. The summed E-state index contributed by atoms with van der Waals surface area (Å²) in [6, 6.07) is 5.99. The van der Waals surface area contributed by atoms with Crippen molar-refractivity contribution in [2.24, 2.45) is 0 Å². The van der Waals surface area contributed by atoms with Crippen molar-refractivity contribution in [3.63, 3.8) is 0 Å². The van der Waals surface area contributed by atoms with Gasteiger partial charge in [-0.05, 0) is 18.2 Å². The third kappa shape index (κ3) is 2.13. The van der Waals surface area contributed by atoms with Gasteiger partial charge in [0.25, 0.3) is 0 Å². The van der Waals surface area contributed by atoms with Gasteiger partial charge in [-0.3, -0.25) is 0 Å². The number of rotatable bonds is 1. The second-order valence-corrected chi connectivity index (χ2v) is 3.81. The molecule has 1 aromatic rings. The van der Waals surface area contributed by atoms with E-state index in [9.17, 15) is 0 Å². The topological polar surface area (TPSA) is 0 Å². The summed E-state index contributed by atoms with van der Waals surface area (Å²) >= 11 is 6.74. The Balaban J connectivity index is 3.06. The van der Waals surface area contributed by atoms with Gasteiger partial charge in [-0.2, -0.15) is 0 Å². The predicted molar refractivity (Wildman–Crippen MR) is 51.3 cm³/mol. The quantitative estimate of drug-likeness (QED) is 0.681. The minimum atomic E-state index is 0.581. The molecule has 3 heteroatoms. The fourth-order valence-electron chi connectivity index (χ4n) is 0.729. The summed E-state index contributed by atoms with van der Waals surface area (Å²) in [5.74, 6) is 0. The normalized spacial score (nSPS) is 9.80. The van der Waals surface area contributed by atoms with E-state index in [1.165, 1.54) is 0 Å². The van der Waals surface area contributed by atoms with Crippen LogP contribution in [0.4, 0.5) is 0 Å². The van der Waals surface area contributed by atoms with Gasteiger partial charge in [-0.25, -0.2) is 0 Å². The highest BCUT2D eigenvalue weighted by atomic mass is 79.9. The molecule has 0 fully saturated rings. The molecule has 1 rings (SSSR count). The minimum absolute atomic E-state index is 0.581. The molecule has 50 valence electrons. The number of hydrogen-bond donors (Lipinski definition) is 0. The van der Waals surface area contributed by atoms with Crippen LogP contribution in [0.3, 0.4) is 0 Å². The van der Waals surface area contributed by atoms with Gasteiger partial charge in [-0.1, -0.05) is 43.7 Å². The molecule has 0 aliphatic carbocycles. The lowest BCUT2D eigenvalue weighted by Crippen LogP contribution is -1.82. The average Bonchev–Trinajstić information content (AvgIpc) is 1.85. The molecule has 0 aromatic heterocycles. The Morgan fingerprint density at radius 3 is 2.00 bits per heavy atom. The zero-order chi connectivity index (χ0) is 7.56. The third-order valence-corrected chi connectivity index (χ3v) is 2.07. The maximum Gasteiger partial charge on any atom is 0.0716 e. The zero-order valence-electron chi connectivity index (χ0n) is 5.27. The summed E-state index contributed by atoms with van der Waals surface area (Å²) in [4.78, 5) is 0. The first-order chi connectivity index (χ1) is 4.72. The first-order valence-corrected chi connectivity index (χ1v) is 4.46. The van der Waals surface area contributed by atoms with Gasteiger partial charge in [0.15, 0.2) is 0 Å². The van der Waals surface area contributed by atoms with E-state index in [2.05, 4.69) is 31.9 Å². The lowest BCUT2D eigenvalue weighted by atomic mass is 9.97. The lowest BCUT2D eigenvalue weighted by Gasteiger charge is -1.98. The highest BCUT2D eigenvalue weighted by Crippen LogP contribution is 2.19. The molecule has 0 saturated heterocycles. The molecule has 0 aliphatic rings. The van der Waals surface area contributed by atoms with Crippen LogP contribution in [0.1, 0.15) is 5.56 Å². The Morgan fingerprint density at radius 2 is 1.60 bits per heavy atom. The first kappa shape index (κ1) is 8.34. The highest BCUT2D eigenvalue weighted by Gasteiger charge is 1.93. The van der Waals surface area contributed by atoms with Crippen molar-refractivity contribution in [2.45, 2.75) is 6.32 Å². The predicted octanol–water partition coefficient (Wildman–Crippen LogP) is 2.88. The van der Waals surface area contributed by atoms with Gasteiger partial charge in [0.2, 0.25) is 0 Å². The van der Waals surface area contributed by atoms with E-state index in [-0.39, 0.29) is 0 Å². The van der Waals surface area contributed by atoms with Crippen molar-refractivity contribution in [3.05, 3.63) is 32.7 Å². The van der Waals surface area contributed by atoms with Gasteiger partial charge in [0, 0.05) is 8.95 Å². The van der Waals surface area contributed by atoms with Gasteiger partial charge in [0.1, 0.15) is 0 Å². The minimum Gasteiger partial charge on any atom is -0.0642 e. The number of benzene rings is 1. The Hall–Kier alpha value is 0.245. The fourth-order valence-corrected chi connectivity index (χ4v) is 2.12. The molecule has 0 aliphatic heterocycles. The van der Waals surface area contributed by atoms with Crippen molar-refractivity contribution < 1.29 is 0 Å². The first-order valence-electron chi connectivity index (χ1n) is 2.87. The van der Waals surface area contributed by atoms with E-state index in [0.29, 0.717) is 6.32 Å². The van der Waals surface area contributed by atoms with E-state index >= 15 is 0 Å². The summed E-state index contributed by atoms with van der Waals surface area (Å²) in [6.07, 6.45) is 0.581. The molecule has 2 radical (unpaired) electrons. The van der Waals surface area contributed by atoms with Crippen LogP contribution < -0.4 is 0 Å². The molecule has 0 heterocycles. The van der Waals surface area contributed by atoms with Crippen molar-refractivity contribution >= 4 is 39.7 Å². The maximum atomic E-state index is 5.45. The van der Waals surface area contributed by atoms with Crippen LogP contribution >= 0.6 is 31.9 Å². The molecule has 0 N–H and O–H groups in total. The third-order valence-electron chi connectivity index (χ3n) is 1.16. The largest absolute Gasteiger partial charge is 0.0716 e. The number of hydrogen-bond acceptors (Lipinski definition) is 0. The standard InChI is InChI=1S/C7H5BBr2/c8-4-5-1-6(9)3-7(10)2-5/h1-3H,4H2. The fraction of sp³-hybridized carbons (Fsp3) is 0.143. The van der Waals surface area contributed by atoms with Gasteiger partial charge >= 0.3 is 0 Å². The Kier molecular flexibility index (Phi) is 2.99. The molecule has 0 bridgehead atoms. The van der Waals surface area contributed by atoms with Gasteiger partial charge < -0.3 is 0 Å². The molecular weight excluding hydrogens is 255 g/mol. The van der Waals surface area contributed by atoms with Crippen LogP contribution in [0, 0.1) is 0 Å². The Labute approximate surface area is 78.7 Å². The molecule has 0 saturated carbocycles. The summed E-state index contributed by atoms with van der Waals surface area (Å²) < 4.78 is 2.12. The van der Waals surface area contributed by atoms with E-state index in [1.54, 1.807) is 0 Å². The Morgan fingerprint density at radius 1 is 1.10 bits per heavy atom. The molecule has 0 spiro atoms. The van der Waals surface area contributed by atoms with Gasteiger partial charge in [0.05, 0.1) is 7.85 Å². The molecule has 0 amide bonds. The summed E-state index contributed by atoms with van der Waals surface area (Å²) in [6.45, 7) is 0. The molecular formula is C7H5BBr2. The smallest absolute Gasteiger partial charge is 0.0642 e. The van der Waals surface area contributed by atoms with Crippen LogP contribution in [-0.2, 0) is 6.32 Å². The van der Waals surface area contributed by atoms with E-state index in [1.807, 2.05) is 18.2 Å². The summed E-state index contributed by atoms with van der Waals surface area (Å²) in [7, 11) is 5.45. The molecule has 0 atom stereocenters. The highest BCUT2D eigenvalue weighted by molar-refractivity contribution is 9.11. The van der Waals surface area contributed by atoms with Crippen molar-refractivity contribution in [1.29, 1.82) is 0 Å².